The Balaban J connectivity index is 1.61. The zero-order chi connectivity index (χ0) is 25.9. The van der Waals surface area contributed by atoms with Gasteiger partial charge in [-0.25, -0.2) is 4.79 Å². The van der Waals surface area contributed by atoms with Gasteiger partial charge in [0.15, 0.2) is 0 Å². The molecule has 1 amide bonds. The van der Waals surface area contributed by atoms with E-state index in [1.807, 2.05) is 73.7 Å². The third-order valence-electron chi connectivity index (χ3n) is 6.50. The average molecular weight is 559 g/mol. The summed E-state index contributed by atoms with van der Waals surface area (Å²) in [5, 5.41) is 0. The number of aryl methyl sites for hydroxylation is 1. The molecule has 5 rings (SSSR count). The van der Waals surface area contributed by atoms with Gasteiger partial charge in [0.25, 0.3) is 0 Å². The predicted octanol–water partition coefficient (Wildman–Crippen LogP) is 6.71. The molecule has 0 unspecified atom stereocenters. The Labute approximate surface area is 224 Å². The van der Waals surface area contributed by atoms with Crippen molar-refractivity contribution in [3.8, 4) is 22.7 Å². The van der Waals surface area contributed by atoms with E-state index in [2.05, 4.69) is 20.5 Å². The van der Waals surface area contributed by atoms with Crippen LogP contribution < -0.4 is 9.64 Å². The van der Waals surface area contributed by atoms with E-state index in [0.29, 0.717) is 30.8 Å². The van der Waals surface area contributed by atoms with Crippen molar-refractivity contribution in [3.05, 3.63) is 100 Å². The first kappa shape index (κ1) is 24.8. The molecule has 3 aromatic carbocycles. The van der Waals surface area contributed by atoms with Crippen LogP contribution in [0.4, 0.5) is 5.69 Å². The Kier molecular flexibility index (Phi) is 7.15. The molecule has 0 saturated carbocycles. The van der Waals surface area contributed by atoms with Crippen molar-refractivity contribution < 1.29 is 19.1 Å². The highest BCUT2D eigenvalue weighted by Gasteiger charge is 2.24. The Hall–Kier alpha value is -3.84. The largest absolute Gasteiger partial charge is 0.488 e. The number of hydrogen-bond acceptors (Lipinski definition) is 4. The fourth-order valence-electron chi connectivity index (χ4n) is 4.69. The maximum Gasteiger partial charge on any atom is 0.337 e. The van der Waals surface area contributed by atoms with Crippen molar-refractivity contribution in [1.82, 2.24) is 4.57 Å². The van der Waals surface area contributed by atoms with Crippen molar-refractivity contribution in [1.29, 1.82) is 0 Å². The fraction of sp³-hybridized carbons (Fsp3) is 0.200. The van der Waals surface area contributed by atoms with Crippen LogP contribution in [0.15, 0.2) is 83.3 Å². The minimum atomic E-state index is -0.449. The van der Waals surface area contributed by atoms with E-state index < -0.39 is 5.97 Å². The Morgan fingerprint density at radius 3 is 2.49 bits per heavy atom. The van der Waals surface area contributed by atoms with E-state index in [4.69, 9.17) is 9.47 Å². The van der Waals surface area contributed by atoms with E-state index in [-0.39, 0.29) is 5.91 Å². The number of anilines is 1. The number of hydrogen-bond donors (Lipinski definition) is 0. The number of carbonyl (C=O) groups excluding carboxylic acids is 2. The molecule has 0 bridgehead atoms. The summed E-state index contributed by atoms with van der Waals surface area (Å²) in [6.45, 7) is 3.08. The quantitative estimate of drug-likeness (QED) is 0.236. The number of nitrogens with zero attached hydrogens (tertiary/aromatic N) is 2. The van der Waals surface area contributed by atoms with Gasteiger partial charge in [0.05, 0.1) is 18.4 Å². The van der Waals surface area contributed by atoms with Crippen LogP contribution in [0.2, 0.25) is 0 Å². The average Bonchev–Trinajstić information content (AvgIpc) is 3.52. The second-order valence-corrected chi connectivity index (χ2v) is 9.90. The molecule has 188 valence electrons. The highest BCUT2D eigenvalue weighted by atomic mass is 79.9. The molecule has 4 aromatic rings. The first-order valence-corrected chi connectivity index (χ1v) is 12.9. The molecule has 6 nitrogen and oxygen atoms in total. The number of rotatable bonds is 7. The summed E-state index contributed by atoms with van der Waals surface area (Å²) < 4.78 is 14.3. The molecule has 37 heavy (non-hydrogen) atoms. The summed E-state index contributed by atoms with van der Waals surface area (Å²) in [5.41, 5.74) is 5.71. The van der Waals surface area contributed by atoms with Crippen LogP contribution in [-0.4, -0.2) is 30.1 Å². The van der Waals surface area contributed by atoms with Crippen LogP contribution in [0.3, 0.4) is 0 Å². The second-order valence-electron chi connectivity index (χ2n) is 8.99. The fourth-order valence-corrected chi connectivity index (χ4v) is 5.05. The standard InChI is InChI=1S/C30H27BrN2O4/c1-20-10-12-27(26-17-23(31)11-13-28(26)37-19-21-7-4-3-5-8-21)33(20)25-16-22(30(35)36-2)15-24(18-25)32-14-6-9-29(32)34/h3-5,7-8,10-13,15-18H,6,9,14,19H2,1-2H3. The summed E-state index contributed by atoms with van der Waals surface area (Å²) in [5.74, 6) is 0.349. The zero-order valence-electron chi connectivity index (χ0n) is 20.7. The van der Waals surface area contributed by atoms with Gasteiger partial charge >= 0.3 is 5.97 Å². The van der Waals surface area contributed by atoms with Gasteiger partial charge in [-0.1, -0.05) is 46.3 Å². The van der Waals surface area contributed by atoms with Gasteiger partial charge in [-0.15, -0.1) is 0 Å². The molecule has 1 saturated heterocycles. The van der Waals surface area contributed by atoms with E-state index in [9.17, 15) is 9.59 Å². The van der Waals surface area contributed by atoms with E-state index in [1.165, 1.54) is 7.11 Å². The van der Waals surface area contributed by atoms with Crippen LogP contribution in [0.1, 0.15) is 34.5 Å². The summed E-state index contributed by atoms with van der Waals surface area (Å²) in [6, 6.07) is 25.5. The second kappa shape index (κ2) is 10.6. The lowest BCUT2D eigenvalue weighted by atomic mass is 10.1. The van der Waals surface area contributed by atoms with Gasteiger partial charge < -0.3 is 18.9 Å². The number of ether oxygens (including phenoxy) is 2. The Bertz CT molecular complexity index is 1460. The number of aromatic nitrogens is 1. The third-order valence-corrected chi connectivity index (χ3v) is 6.99. The molecule has 1 aliphatic heterocycles. The van der Waals surface area contributed by atoms with Crippen LogP contribution in [0.5, 0.6) is 5.75 Å². The number of benzene rings is 3. The first-order chi connectivity index (χ1) is 17.9. The minimum Gasteiger partial charge on any atom is -0.488 e. The molecule has 7 heteroatoms. The number of methoxy groups -OCH3 is 1. The van der Waals surface area contributed by atoms with E-state index in [0.717, 1.165) is 44.8 Å². The van der Waals surface area contributed by atoms with Crippen LogP contribution in [-0.2, 0) is 16.1 Å². The van der Waals surface area contributed by atoms with Crippen molar-refractivity contribution in [3.63, 3.8) is 0 Å². The molecule has 0 N–H and O–H groups in total. The van der Waals surface area contributed by atoms with Crippen molar-refractivity contribution in [2.75, 3.05) is 18.6 Å². The lowest BCUT2D eigenvalue weighted by Gasteiger charge is -2.21. The molecular formula is C30H27BrN2O4. The zero-order valence-corrected chi connectivity index (χ0v) is 22.3. The number of halogens is 1. The third kappa shape index (κ3) is 5.18. The summed E-state index contributed by atoms with van der Waals surface area (Å²) >= 11 is 3.61. The molecule has 0 aliphatic carbocycles. The monoisotopic (exact) mass is 558 g/mol. The lowest BCUT2D eigenvalue weighted by molar-refractivity contribution is -0.117. The number of carbonyl (C=O) groups is 2. The molecule has 0 spiro atoms. The Morgan fingerprint density at radius 2 is 1.76 bits per heavy atom. The SMILES string of the molecule is COC(=O)c1cc(N2CCCC2=O)cc(-n2c(C)ccc2-c2cc(Br)ccc2OCc2ccccc2)c1. The van der Waals surface area contributed by atoms with Gasteiger partial charge in [-0.2, -0.15) is 0 Å². The molecule has 2 heterocycles. The van der Waals surface area contributed by atoms with Crippen molar-refractivity contribution in [2.24, 2.45) is 0 Å². The van der Waals surface area contributed by atoms with Crippen LogP contribution in [0.25, 0.3) is 16.9 Å². The predicted molar refractivity (Wildman–Crippen MR) is 147 cm³/mol. The topological polar surface area (TPSA) is 60.8 Å². The van der Waals surface area contributed by atoms with Crippen molar-refractivity contribution in [2.45, 2.75) is 26.4 Å². The van der Waals surface area contributed by atoms with Gasteiger partial charge in [-0.3, -0.25) is 4.79 Å². The molecule has 1 aromatic heterocycles. The van der Waals surface area contributed by atoms with Gasteiger partial charge in [0, 0.05) is 40.1 Å². The normalized spacial score (nSPS) is 13.2. The van der Waals surface area contributed by atoms with E-state index in [1.54, 1.807) is 17.0 Å². The smallest absolute Gasteiger partial charge is 0.337 e. The molecule has 0 radical (unpaired) electrons. The summed E-state index contributed by atoms with van der Waals surface area (Å²) in [4.78, 5) is 26.9. The molecular weight excluding hydrogens is 532 g/mol. The van der Waals surface area contributed by atoms with Gasteiger partial charge in [-0.05, 0) is 67.4 Å². The highest BCUT2D eigenvalue weighted by Crippen LogP contribution is 2.37. The summed E-state index contributed by atoms with van der Waals surface area (Å²) in [6.07, 6.45) is 1.30. The van der Waals surface area contributed by atoms with Crippen LogP contribution in [0, 0.1) is 6.92 Å². The summed E-state index contributed by atoms with van der Waals surface area (Å²) in [7, 11) is 1.36. The highest BCUT2D eigenvalue weighted by molar-refractivity contribution is 9.10. The Morgan fingerprint density at radius 1 is 0.973 bits per heavy atom. The minimum absolute atomic E-state index is 0.0565. The molecule has 1 aliphatic rings. The van der Waals surface area contributed by atoms with Gasteiger partial charge in [0.1, 0.15) is 12.4 Å². The van der Waals surface area contributed by atoms with Crippen molar-refractivity contribution >= 4 is 33.5 Å². The maximum absolute atomic E-state index is 12.6. The van der Waals surface area contributed by atoms with E-state index >= 15 is 0 Å². The maximum atomic E-state index is 12.6. The van der Waals surface area contributed by atoms with Gasteiger partial charge in [0.2, 0.25) is 5.91 Å². The lowest BCUT2D eigenvalue weighted by Crippen LogP contribution is -2.24. The number of amides is 1. The first-order valence-electron chi connectivity index (χ1n) is 12.1. The van der Waals surface area contributed by atoms with Crippen LogP contribution >= 0.6 is 15.9 Å². The number of esters is 1. The molecule has 0 atom stereocenters. The molecule has 1 fully saturated rings.